The highest BCUT2D eigenvalue weighted by molar-refractivity contribution is 7.89. The van der Waals surface area contributed by atoms with E-state index in [9.17, 15) is 8.42 Å². The van der Waals surface area contributed by atoms with Crippen LogP contribution in [0.3, 0.4) is 0 Å². The van der Waals surface area contributed by atoms with Crippen LogP contribution in [0, 0.1) is 0 Å². The van der Waals surface area contributed by atoms with Gasteiger partial charge in [-0.25, -0.2) is 13.1 Å². The van der Waals surface area contributed by atoms with Crippen LogP contribution in [0.15, 0.2) is 0 Å². The fourth-order valence-electron chi connectivity index (χ4n) is 3.45. The van der Waals surface area contributed by atoms with Crippen molar-refractivity contribution >= 4 is 10.0 Å². The third kappa shape index (κ3) is 19.2. The van der Waals surface area contributed by atoms with Gasteiger partial charge in [0.15, 0.2) is 0 Å². The van der Waals surface area contributed by atoms with Crippen LogP contribution < -0.4 is 4.72 Å². The van der Waals surface area contributed by atoms with E-state index in [1.807, 2.05) is 0 Å². The molecule has 0 amide bonds. The molecule has 28 heavy (non-hydrogen) atoms. The Balaban J connectivity index is 3.40. The average molecular weight is 420 g/mol. The molecular weight excluding hydrogens is 368 g/mol. The van der Waals surface area contributed by atoms with Crippen LogP contribution in [0.4, 0.5) is 0 Å². The van der Waals surface area contributed by atoms with Crippen LogP contribution >= 0.6 is 0 Å². The van der Waals surface area contributed by atoms with E-state index in [1.54, 1.807) is 0 Å². The summed E-state index contributed by atoms with van der Waals surface area (Å²) in [6.45, 7) is 7.09. The van der Waals surface area contributed by atoms with Gasteiger partial charge in [0.1, 0.15) is 0 Å². The van der Waals surface area contributed by atoms with Crippen LogP contribution in [0.1, 0.15) is 110 Å². The van der Waals surface area contributed by atoms with E-state index < -0.39 is 10.0 Å². The molecule has 0 saturated carbocycles. The van der Waals surface area contributed by atoms with E-state index in [1.165, 1.54) is 77.0 Å². The molecule has 0 spiro atoms. The quantitative estimate of drug-likeness (QED) is 0.187. The number of nitrogens with zero attached hydrogens (tertiary/aromatic N) is 1. The van der Waals surface area contributed by atoms with Crippen molar-refractivity contribution in [2.45, 2.75) is 110 Å². The second-order valence-corrected chi connectivity index (χ2v) is 11.1. The molecule has 0 atom stereocenters. The zero-order valence-electron chi connectivity index (χ0n) is 19.6. The van der Waals surface area contributed by atoms with Gasteiger partial charge in [-0.1, -0.05) is 90.4 Å². The summed E-state index contributed by atoms with van der Waals surface area (Å²) in [4.78, 5) is 0. The number of sulfonamides is 1. The third-order valence-corrected chi connectivity index (χ3v) is 7.35. The monoisotopic (exact) mass is 419 g/mol. The van der Waals surface area contributed by atoms with Crippen molar-refractivity contribution in [3.05, 3.63) is 0 Å². The first kappa shape index (κ1) is 27.9. The third-order valence-electron chi connectivity index (χ3n) is 5.88. The number of quaternary nitrogens is 1. The van der Waals surface area contributed by atoms with Crippen molar-refractivity contribution in [1.29, 1.82) is 0 Å². The molecule has 0 saturated heterocycles. The van der Waals surface area contributed by atoms with Gasteiger partial charge in [-0.15, -0.1) is 0 Å². The van der Waals surface area contributed by atoms with Gasteiger partial charge >= 0.3 is 0 Å². The maximum absolute atomic E-state index is 12.0. The standard InChI is InChI=1S/C23H51N2O2S/c1-5-7-8-9-10-11-12-13-14-15-16-17-18-19-23-28(26,27)24-21-20-22-25(3,4)6-2/h24H,5-23H2,1-4H3/q+1. The van der Waals surface area contributed by atoms with Crippen LogP contribution in [-0.4, -0.2) is 52.4 Å². The van der Waals surface area contributed by atoms with Crippen molar-refractivity contribution in [3.8, 4) is 0 Å². The lowest BCUT2D eigenvalue weighted by atomic mass is 10.0. The van der Waals surface area contributed by atoms with Gasteiger partial charge in [0.2, 0.25) is 10.0 Å². The fourth-order valence-corrected chi connectivity index (χ4v) is 4.64. The lowest BCUT2D eigenvalue weighted by molar-refractivity contribution is -0.888. The highest BCUT2D eigenvalue weighted by atomic mass is 32.2. The van der Waals surface area contributed by atoms with Gasteiger partial charge in [-0.2, -0.15) is 0 Å². The van der Waals surface area contributed by atoms with E-state index in [0.29, 0.717) is 6.54 Å². The van der Waals surface area contributed by atoms with Gasteiger partial charge in [-0.05, 0) is 13.3 Å². The lowest BCUT2D eigenvalue weighted by Gasteiger charge is -2.28. The summed E-state index contributed by atoms with van der Waals surface area (Å²) < 4.78 is 27.8. The topological polar surface area (TPSA) is 46.2 Å². The first-order chi connectivity index (χ1) is 13.3. The Hall–Kier alpha value is -0.130. The molecular formula is C23H51N2O2S+. The summed E-state index contributed by atoms with van der Waals surface area (Å²) in [5.74, 6) is 0.289. The average Bonchev–Trinajstić information content (AvgIpc) is 2.65. The molecule has 0 aromatic heterocycles. The second kappa shape index (κ2) is 17.7. The van der Waals surface area contributed by atoms with Crippen molar-refractivity contribution in [3.63, 3.8) is 0 Å². The number of unbranched alkanes of at least 4 members (excludes halogenated alkanes) is 13. The molecule has 0 bridgehead atoms. The smallest absolute Gasteiger partial charge is 0.211 e. The minimum absolute atomic E-state index is 0.289. The molecule has 0 aromatic rings. The van der Waals surface area contributed by atoms with Crippen molar-refractivity contribution in [1.82, 2.24) is 4.72 Å². The van der Waals surface area contributed by atoms with Gasteiger partial charge in [0.25, 0.3) is 0 Å². The first-order valence-corrected chi connectivity index (χ1v) is 13.8. The molecule has 0 heterocycles. The molecule has 5 heteroatoms. The molecule has 0 aliphatic carbocycles. The van der Waals surface area contributed by atoms with E-state index in [4.69, 9.17) is 0 Å². The van der Waals surface area contributed by atoms with E-state index in [2.05, 4.69) is 32.7 Å². The molecule has 1 N–H and O–H groups in total. The Labute approximate surface area is 177 Å². The van der Waals surface area contributed by atoms with Crippen molar-refractivity contribution < 1.29 is 12.9 Å². The lowest BCUT2D eigenvalue weighted by Crippen LogP contribution is -2.41. The molecule has 170 valence electrons. The molecule has 0 aliphatic rings. The molecule has 0 fully saturated rings. The van der Waals surface area contributed by atoms with Crippen LogP contribution in [0.2, 0.25) is 0 Å². The molecule has 0 aromatic carbocycles. The summed E-state index contributed by atoms with van der Waals surface area (Å²) >= 11 is 0. The van der Waals surface area contributed by atoms with Crippen molar-refractivity contribution in [2.75, 3.05) is 39.5 Å². The van der Waals surface area contributed by atoms with Crippen LogP contribution in [-0.2, 0) is 10.0 Å². The Morgan fingerprint density at radius 2 is 1.07 bits per heavy atom. The predicted molar refractivity (Wildman–Crippen MR) is 124 cm³/mol. The summed E-state index contributed by atoms with van der Waals surface area (Å²) in [6.07, 6.45) is 19.0. The molecule has 0 radical (unpaired) electrons. The summed E-state index contributed by atoms with van der Waals surface area (Å²) in [5.41, 5.74) is 0. The Morgan fingerprint density at radius 1 is 0.643 bits per heavy atom. The summed E-state index contributed by atoms with van der Waals surface area (Å²) in [6, 6.07) is 0. The number of hydrogen-bond acceptors (Lipinski definition) is 2. The zero-order chi connectivity index (χ0) is 21.1. The Morgan fingerprint density at radius 3 is 1.50 bits per heavy atom. The Kier molecular flexibility index (Phi) is 17.6. The van der Waals surface area contributed by atoms with Gasteiger partial charge in [-0.3, -0.25) is 0 Å². The summed E-state index contributed by atoms with van der Waals surface area (Å²) in [5, 5.41) is 0. The SMILES string of the molecule is CCCCCCCCCCCCCCCCS(=O)(=O)NCCC[N+](C)(C)CC. The maximum atomic E-state index is 12.0. The number of nitrogens with one attached hydrogen (secondary N) is 1. The zero-order valence-corrected chi connectivity index (χ0v) is 20.4. The van der Waals surface area contributed by atoms with Gasteiger partial charge in [0, 0.05) is 13.0 Å². The Bertz CT molecular complexity index is 436. The number of hydrogen-bond donors (Lipinski definition) is 1. The van der Waals surface area contributed by atoms with Crippen LogP contribution in [0.5, 0.6) is 0 Å². The fraction of sp³-hybridized carbons (Fsp3) is 1.00. The normalized spacial score (nSPS) is 12.6. The van der Waals surface area contributed by atoms with Gasteiger partial charge < -0.3 is 4.48 Å². The van der Waals surface area contributed by atoms with Gasteiger partial charge in [0.05, 0.1) is 32.9 Å². The molecule has 0 aliphatic heterocycles. The maximum Gasteiger partial charge on any atom is 0.211 e. The largest absolute Gasteiger partial charge is 0.329 e. The predicted octanol–water partition coefficient (Wildman–Crippen LogP) is 5.87. The molecule has 0 rings (SSSR count). The van der Waals surface area contributed by atoms with Crippen LogP contribution in [0.25, 0.3) is 0 Å². The van der Waals surface area contributed by atoms with E-state index in [0.717, 1.165) is 36.8 Å². The first-order valence-electron chi connectivity index (χ1n) is 12.1. The van der Waals surface area contributed by atoms with E-state index in [-0.39, 0.29) is 5.75 Å². The highest BCUT2D eigenvalue weighted by Crippen LogP contribution is 2.13. The van der Waals surface area contributed by atoms with Crippen molar-refractivity contribution in [2.24, 2.45) is 0 Å². The second-order valence-electron chi connectivity index (χ2n) is 9.14. The molecule has 0 unspecified atom stereocenters. The number of rotatable bonds is 21. The summed E-state index contributed by atoms with van der Waals surface area (Å²) in [7, 11) is 1.29. The minimum atomic E-state index is -3.08. The molecule has 4 nitrogen and oxygen atoms in total. The highest BCUT2D eigenvalue weighted by Gasteiger charge is 2.13. The minimum Gasteiger partial charge on any atom is -0.329 e. The van der Waals surface area contributed by atoms with E-state index >= 15 is 0 Å².